The summed E-state index contributed by atoms with van der Waals surface area (Å²) in [6.07, 6.45) is 2.47. The lowest BCUT2D eigenvalue weighted by Crippen LogP contribution is -2.43. The Morgan fingerprint density at radius 3 is 3.12 bits per heavy atom. The van der Waals surface area contributed by atoms with Gasteiger partial charge in [0.05, 0.1) is 0 Å². The molecule has 0 aliphatic carbocycles. The Labute approximate surface area is 96.5 Å². The van der Waals surface area contributed by atoms with Crippen molar-refractivity contribution >= 4 is 0 Å². The summed E-state index contributed by atoms with van der Waals surface area (Å²) in [4.78, 5) is 2.34. The molecule has 1 fully saturated rings. The molecule has 16 heavy (non-hydrogen) atoms. The fraction of sp³-hybridized carbons (Fsp3) is 0.538. The number of halogens is 1. The molecule has 1 N–H and O–H groups in total. The molecular formula is C13H19FN2. The molecule has 0 bridgehead atoms. The number of piperidine rings is 1. The Morgan fingerprint density at radius 1 is 1.50 bits per heavy atom. The zero-order chi connectivity index (χ0) is 11.4. The Bertz CT molecular complexity index is 340. The Morgan fingerprint density at radius 2 is 2.38 bits per heavy atom. The van der Waals surface area contributed by atoms with Gasteiger partial charge in [0.15, 0.2) is 0 Å². The van der Waals surface area contributed by atoms with Gasteiger partial charge < -0.3 is 10.2 Å². The lowest BCUT2D eigenvalue weighted by molar-refractivity contribution is 0.226. The van der Waals surface area contributed by atoms with Crippen molar-refractivity contribution in [3.63, 3.8) is 0 Å². The minimum absolute atomic E-state index is 0.153. The summed E-state index contributed by atoms with van der Waals surface area (Å²) in [6, 6.07) is 7.35. The van der Waals surface area contributed by atoms with Crippen LogP contribution in [0.5, 0.6) is 0 Å². The fourth-order valence-corrected chi connectivity index (χ4v) is 2.24. The summed E-state index contributed by atoms with van der Waals surface area (Å²) < 4.78 is 13.0. The average molecular weight is 222 g/mol. The van der Waals surface area contributed by atoms with Gasteiger partial charge in [-0.2, -0.15) is 0 Å². The number of likely N-dealkylation sites (tertiary alicyclic amines) is 1. The largest absolute Gasteiger partial charge is 0.309 e. The monoisotopic (exact) mass is 222 g/mol. The van der Waals surface area contributed by atoms with E-state index in [-0.39, 0.29) is 5.82 Å². The van der Waals surface area contributed by atoms with Gasteiger partial charge in [0, 0.05) is 19.1 Å². The number of rotatable bonds is 3. The molecule has 1 aromatic rings. The molecule has 2 rings (SSSR count). The van der Waals surface area contributed by atoms with Crippen molar-refractivity contribution in [2.24, 2.45) is 0 Å². The third-order valence-electron chi connectivity index (χ3n) is 3.11. The zero-order valence-corrected chi connectivity index (χ0v) is 9.75. The first-order valence-electron chi connectivity index (χ1n) is 5.90. The number of hydrogen-bond acceptors (Lipinski definition) is 2. The van der Waals surface area contributed by atoms with Crippen LogP contribution in [0.3, 0.4) is 0 Å². The standard InChI is InChI=1S/C13H19FN2/c1-16-7-3-6-13(10-16)15-9-11-4-2-5-12(14)8-11/h2,4-5,8,13,15H,3,6-7,9-10H2,1H3. The molecule has 1 atom stereocenters. The fourth-order valence-electron chi connectivity index (χ4n) is 2.24. The lowest BCUT2D eigenvalue weighted by atomic mass is 10.1. The number of nitrogens with zero attached hydrogens (tertiary/aromatic N) is 1. The van der Waals surface area contributed by atoms with Gasteiger partial charge in [-0.25, -0.2) is 4.39 Å². The maximum absolute atomic E-state index is 13.0. The third-order valence-corrected chi connectivity index (χ3v) is 3.11. The molecule has 0 radical (unpaired) electrons. The summed E-state index contributed by atoms with van der Waals surface area (Å²) in [7, 11) is 2.15. The zero-order valence-electron chi connectivity index (χ0n) is 9.75. The highest BCUT2D eigenvalue weighted by Gasteiger charge is 2.15. The molecule has 0 amide bonds. The normalized spacial score (nSPS) is 22.2. The van der Waals surface area contributed by atoms with Crippen LogP contribution >= 0.6 is 0 Å². The van der Waals surface area contributed by atoms with Gasteiger partial charge in [-0.15, -0.1) is 0 Å². The van der Waals surface area contributed by atoms with Crippen molar-refractivity contribution in [2.75, 3.05) is 20.1 Å². The van der Waals surface area contributed by atoms with E-state index in [0.29, 0.717) is 6.04 Å². The van der Waals surface area contributed by atoms with Gasteiger partial charge >= 0.3 is 0 Å². The second-order valence-corrected chi connectivity index (χ2v) is 4.61. The van der Waals surface area contributed by atoms with Crippen molar-refractivity contribution in [1.29, 1.82) is 0 Å². The lowest BCUT2D eigenvalue weighted by Gasteiger charge is -2.30. The first-order valence-corrected chi connectivity index (χ1v) is 5.90. The van der Waals surface area contributed by atoms with Crippen LogP contribution in [-0.4, -0.2) is 31.1 Å². The highest BCUT2D eigenvalue weighted by atomic mass is 19.1. The van der Waals surface area contributed by atoms with E-state index in [1.165, 1.54) is 25.5 Å². The van der Waals surface area contributed by atoms with Crippen LogP contribution < -0.4 is 5.32 Å². The molecule has 3 heteroatoms. The maximum atomic E-state index is 13.0. The molecule has 1 aliphatic rings. The quantitative estimate of drug-likeness (QED) is 0.841. The van der Waals surface area contributed by atoms with Crippen molar-refractivity contribution in [1.82, 2.24) is 10.2 Å². The second-order valence-electron chi connectivity index (χ2n) is 4.61. The Kier molecular flexibility index (Phi) is 3.91. The molecule has 0 spiro atoms. The molecular weight excluding hydrogens is 203 g/mol. The smallest absolute Gasteiger partial charge is 0.123 e. The molecule has 2 nitrogen and oxygen atoms in total. The number of likely N-dealkylation sites (N-methyl/N-ethyl adjacent to an activating group) is 1. The number of nitrogens with one attached hydrogen (secondary N) is 1. The summed E-state index contributed by atoms with van der Waals surface area (Å²) in [5.41, 5.74) is 1.02. The van der Waals surface area contributed by atoms with Crippen LogP contribution in [0.15, 0.2) is 24.3 Å². The van der Waals surface area contributed by atoms with Crippen LogP contribution in [0, 0.1) is 5.82 Å². The van der Waals surface area contributed by atoms with E-state index in [0.717, 1.165) is 18.7 Å². The average Bonchev–Trinajstić information content (AvgIpc) is 2.27. The van der Waals surface area contributed by atoms with Crippen molar-refractivity contribution in [2.45, 2.75) is 25.4 Å². The molecule has 0 aromatic heterocycles. The summed E-state index contributed by atoms with van der Waals surface area (Å²) in [5.74, 6) is -0.153. The SMILES string of the molecule is CN1CCCC(NCc2cccc(F)c2)C1. The van der Waals surface area contributed by atoms with Crippen LogP contribution in [0.1, 0.15) is 18.4 Å². The van der Waals surface area contributed by atoms with E-state index < -0.39 is 0 Å². The van der Waals surface area contributed by atoms with E-state index >= 15 is 0 Å². The Balaban J connectivity index is 1.82. The molecule has 1 saturated heterocycles. The van der Waals surface area contributed by atoms with E-state index in [9.17, 15) is 4.39 Å². The third kappa shape index (κ3) is 3.29. The highest BCUT2D eigenvalue weighted by molar-refractivity contribution is 5.16. The van der Waals surface area contributed by atoms with Crippen molar-refractivity contribution in [3.05, 3.63) is 35.6 Å². The molecule has 1 aromatic carbocycles. The molecule has 0 saturated carbocycles. The van der Waals surface area contributed by atoms with Crippen LogP contribution in [-0.2, 0) is 6.54 Å². The van der Waals surface area contributed by atoms with Gasteiger partial charge in [-0.3, -0.25) is 0 Å². The topological polar surface area (TPSA) is 15.3 Å². The minimum atomic E-state index is -0.153. The molecule has 88 valence electrons. The van der Waals surface area contributed by atoms with Crippen molar-refractivity contribution in [3.8, 4) is 0 Å². The molecule has 1 aliphatic heterocycles. The molecule has 1 heterocycles. The molecule has 1 unspecified atom stereocenters. The summed E-state index contributed by atoms with van der Waals surface area (Å²) >= 11 is 0. The first kappa shape index (κ1) is 11.6. The number of hydrogen-bond donors (Lipinski definition) is 1. The van der Waals surface area contributed by atoms with Crippen molar-refractivity contribution < 1.29 is 4.39 Å². The highest BCUT2D eigenvalue weighted by Crippen LogP contribution is 2.09. The minimum Gasteiger partial charge on any atom is -0.309 e. The van der Waals surface area contributed by atoms with E-state index in [1.54, 1.807) is 12.1 Å². The Hall–Kier alpha value is -0.930. The summed E-state index contributed by atoms with van der Waals surface area (Å²) in [6.45, 7) is 3.05. The number of benzene rings is 1. The van der Waals surface area contributed by atoms with E-state index in [2.05, 4.69) is 17.3 Å². The van der Waals surface area contributed by atoms with Gasteiger partial charge in [0.1, 0.15) is 5.82 Å². The van der Waals surface area contributed by atoms with Gasteiger partial charge in [0.2, 0.25) is 0 Å². The van der Waals surface area contributed by atoms with Gasteiger partial charge in [0.25, 0.3) is 0 Å². The summed E-state index contributed by atoms with van der Waals surface area (Å²) in [5, 5.41) is 3.49. The van der Waals surface area contributed by atoms with Crippen LogP contribution in [0.4, 0.5) is 4.39 Å². The van der Waals surface area contributed by atoms with Crippen LogP contribution in [0.25, 0.3) is 0 Å². The van der Waals surface area contributed by atoms with E-state index in [1.807, 2.05) is 6.07 Å². The van der Waals surface area contributed by atoms with Crippen LogP contribution in [0.2, 0.25) is 0 Å². The predicted octanol–water partition coefficient (Wildman–Crippen LogP) is 2.01. The first-order chi connectivity index (χ1) is 7.74. The maximum Gasteiger partial charge on any atom is 0.123 e. The second kappa shape index (κ2) is 5.41. The van der Waals surface area contributed by atoms with Gasteiger partial charge in [-0.1, -0.05) is 12.1 Å². The van der Waals surface area contributed by atoms with E-state index in [4.69, 9.17) is 0 Å². The predicted molar refractivity (Wildman–Crippen MR) is 63.8 cm³/mol. The van der Waals surface area contributed by atoms with Gasteiger partial charge in [-0.05, 0) is 44.1 Å².